The normalized spacial score (nSPS) is 23.0. The summed E-state index contributed by atoms with van der Waals surface area (Å²) in [6.07, 6.45) is 0.900. The van der Waals surface area contributed by atoms with Gasteiger partial charge in [-0.05, 0) is 25.5 Å². The molecule has 2 atom stereocenters. The molecular formula is C16H21N5O3. The molecule has 1 amide bonds. The number of nitrogens with zero attached hydrogens (tertiary/aromatic N) is 2. The Hall–Kier alpha value is -2.45. The minimum atomic E-state index is -0.575. The number of carbonyl (C=O) groups is 2. The number of hydrazone groups is 1. The summed E-state index contributed by atoms with van der Waals surface area (Å²) in [5.41, 5.74) is 6.99. The minimum absolute atomic E-state index is 0.123. The summed E-state index contributed by atoms with van der Waals surface area (Å²) >= 11 is 0. The van der Waals surface area contributed by atoms with E-state index < -0.39 is 12.0 Å². The molecule has 0 radical (unpaired) electrons. The monoisotopic (exact) mass is 331 g/mol. The summed E-state index contributed by atoms with van der Waals surface area (Å²) in [5.74, 6) is -0.655. The highest BCUT2D eigenvalue weighted by Gasteiger charge is 2.37. The molecule has 0 spiro atoms. The zero-order valence-electron chi connectivity index (χ0n) is 13.5. The fraction of sp³-hybridized carbons (Fsp3) is 0.438. The van der Waals surface area contributed by atoms with Crippen LogP contribution in [-0.4, -0.2) is 42.9 Å². The Balaban J connectivity index is 1.78. The Labute approximate surface area is 140 Å². The van der Waals surface area contributed by atoms with E-state index in [0.29, 0.717) is 0 Å². The first-order valence-electron chi connectivity index (χ1n) is 8.06. The number of benzene rings is 1. The van der Waals surface area contributed by atoms with E-state index in [4.69, 9.17) is 4.74 Å². The lowest BCUT2D eigenvalue weighted by molar-refractivity contribution is -0.135. The lowest BCUT2D eigenvalue weighted by atomic mass is 10.1. The summed E-state index contributed by atoms with van der Waals surface area (Å²) in [7, 11) is 0. The van der Waals surface area contributed by atoms with Crippen molar-refractivity contribution in [1.29, 1.82) is 0 Å². The second-order valence-electron chi connectivity index (χ2n) is 5.59. The van der Waals surface area contributed by atoms with Gasteiger partial charge < -0.3 is 10.1 Å². The Kier molecular flexibility index (Phi) is 5.07. The Morgan fingerprint density at radius 1 is 1.38 bits per heavy atom. The van der Waals surface area contributed by atoms with E-state index in [-0.39, 0.29) is 30.8 Å². The van der Waals surface area contributed by atoms with E-state index in [0.717, 1.165) is 18.7 Å². The summed E-state index contributed by atoms with van der Waals surface area (Å²) in [4.78, 5) is 24.7. The van der Waals surface area contributed by atoms with Crippen molar-refractivity contribution in [2.24, 2.45) is 5.10 Å². The molecule has 3 N–H and O–H groups in total. The van der Waals surface area contributed by atoms with Gasteiger partial charge in [0.25, 0.3) is 0 Å². The van der Waals surface area contributed by atoms with Crippen molar-refractivity contribution >= 4 is 23.3 Å². The number of esters is 1. The third-order valence-electron chi connectivity index (χ3n) is 3.90. The van der Waals surface area contributed by atoms with Crippen molar-refractivity contribution in [3.63, 3.8) is 0 Å². The van der Waals surface area contributed by atoms with Gasteiger partial charge in [0.05, 0.1) is 18.5 Å². The second-order valence-corrected chi connectivity index (χ2v) is 5.59. The summed E-state index contributed by atoms with van der Waals surface area (Å²) < 4.78 is 5.02. The summed E-state index contributed by atoms with van der Waals surface area (Å²) in [6.45, 7) is 2.81. The van der Waals surface area contributed by atoms with Crippen molar-refractivity contribution in [3.8, 4) is 0 Å². The SMILES string of the molecule is CCOC(=O)C1=NN(c2ccccc2)C(C(=O)NC2CCNN2)C1. The molecule has 0 aliphatic carbocycles. The van der Waals surface area contributed by atoms with Crippen LogP contribution in [0.15, 0.2) is 35.4 Å². The van der Waals surface area contributed by atoms with E-state index >= 15 is 0 Å². The molecule has 1 aromatic rings. The van der Waals surface area contributed by atoms with Crippen LogP contribution in [0.25, 0.3) is 0 Å². The maximum Gasteiger partial charge on any atom is 0.354 e. The molecule has 2 heterocycles. The minimum Gasteiger partial charge on any atom is -0.461 e. The molecule has 1 aromatic carbocycles. The molecule has 8 nitrogen and oxygen atoms in total. The molecule has 24 heavy (non-hydrogen) atoms. The predicted molar refractivity (Wildman–Crippen MR) is 89.1 cm³/mol. The lowest BCUT2D eigenvalue weighted by Crippen LogP contribution is -2.51. The fourth-order valence-corrected chi connectivity index (χ4v) is 2.73. The molecule has 0 bridgehead atoms. The van der Waals surface area contributed by atoms with Crippen LogP contribution in [0.1, 0.15) is 19.8 Å². The Morgan fingerprint density at radius 2 is 2.17 bits per heavy atom. The number of carbonyl (C=O) groups excluding carboxylic acids is 2. The van der Waals surface area contributed by atoms with Gasteiger partial charge in [-0.25, -0.2) is 10.2 Å². The van der Waals surface area contributed by atoms with Gasteiger partial charge in [-0.3, -0.25) is 15.2 Å². The molecule has 0 saturated carbocycles. The van der Waals surface area contributed by atoms with E-state index in [1.807, 2.05) is 30.3 Å². The maximum atomic E-state index is 12.7. The zero-order chi connectivity index (χ0) is 16.9. The summed E-state index contributed by atoms with van der Waals surface area (Å²) in [5, 5.41) is 8.85. The van der Waals surface area contributed by atoms with Crippen LogP contribution in [0.4, 0.5) is 5.69 Å². The molecule has 8 heteroatoms. The highest BCUT2D eigenvalue weighted by Crippen LogP contribution is 2.25. The van der Waals surface area contributed by atoms with Gasteiger partial charge in [-0.15, -0.1) is 0 Å². The molecule has 128 valence electrons. The highest BCUT2D eigenvalue weighted by molar-refractivity contribution is 6.38. The maximum absolute atomic E-state index is 12.7. The molecule has 3 rings (SSSR count). The van der Waals surface area contributed by atoms with Gasteiger partial charge in [-0.2, -0.15) is 5.10 Å². The predicted octanol–water partition coefficient (Wildman–Crippen LogP) is 0.125. The van der Waals surface area contributed by atoms with Crippen molar-refractivity contribution in [3.05, 3.63) is 30.3 Å². The molecule has 2 aliphatic heterocycles. The first-order chi connectivity index (χ1) is 11.7. The van der Waals surface area contributed by atoms with Crippen molar-refractivity contribution in [1.82, 2.24) is 16.2 Å². The number of anilines is 1. The van der Waals surface area contributed by atoms with Crippen molar-refractivity contribution in [2.75, 3.05) is 18.2 Å². The number of para-hydroxylation sites is 1. The third-order valence-corrected chi connectivity index (χ3v) is 3.90. The van der Waals surface area contributed by atoms with Gasteiger partial charge in [-0.1, -0.05) is 18.2 Å². The molecule has 2 aliphatic rings. The van der Waals surface area contributed by atoms with Crippen LogP contribution in [-0.2, 0) is 14.3 Å². The smallest absolute Gasteiger partial charge is 0.354 e. The van der Waals surface area contributed by atoms with Crippen LogP contribution in [0.3, 0.4) is 0 Å². The number of hydrogen-bond acceptors (Lipinski definition) is 7. The van der Waals surface area contributed by atoms with E-state index in [1.54, 1.807) is 11.9 Å². The van der Waals surface area contributed by atoms with Crippen LogP contribution >= 0.6 is 0 Å². The van der Waals surface area contributed by atoms with E-state index in [1.165, 1.54) is 0 Å². The fourth-order valence-electron chi connectivity index (χ4n) is 2.73. The highest BCUT2D eigenvalue weighted by atomic mass is 16.5. The summed E-state index contributed by atoms with van der Waals surface area (Å²) in [6, 6.07) is 8.75. The van der Waals surface area contributed by atoms with Gasteiger partial charge >= 0.3 is 5.97 Å². The number of hydrazine groups is 1. The largest absolute Gasteiger partial charge is 0.461 e. The number of rotatable bonds is 5. The molecule has 0 aromatic heterocycles. The first-order valence-corrected chi connectivity index (χ1v) is 8.06. The van der Waals surface area contributed by atoms with Gasteiger partial charge in [0.1, 0.15) is 11.8 Å². The van der Waals surface area contributed by atoms with Crippen molar-refractivity contribution in [2.45, 2.75) is 32.0 Å². The molecular weight excluding hydrogens is 310 g/mol. The quantitative estimate of drug-likeness (QED) is 0.664. The standard InChI is InChI=1S/C16H21N5O3/c1-2-24-16(23)12-10-13(15(22)18-14-8-9-17-19-14)21(20-12)11-6-4-3-5-7-11/h3-7,13-14,17,19H,2,8-10H2,1H3,(H,18,22). The van der Waals surface area contributed by atoms with E-state index in [2.05, 4.69) is 21.3 Å². The average Bonchev–Trinajstić information content (AvgIpc) is 3.25. The average molecular weight is 331 g/mol. The third kappa shape index (κ3) is 3.55. The molecule has 1 fully saturated rings. The number of nitrogens with one attached hydrogen (secondary N) is 3. The zero-order valence-corrected chi connectivity index (χ0v) is 13.5. The number of ether oxygens (including phenoxy) is 1. The molecule has 1 saturated heterocycles. The van der Waals surface area contributed by atoms with E-state index in [9.17, 15) is 9.59 Å². The van der Waals surface area contributed by atoms with Crippen LogP contribution in [0, 0.1) is 0 Å². The topological polar surface area (TPSA) is 95.1 Å². The molecule has 2 unspecified atom stereocenters. The van der Waals surface area contributed by atoms with Crippen LogP contribution < -0.4 is 21.2 Å². The van der Waals surface area contributed by atoms with Crippen LogP contribution in [0.5, 0.6) is 0 Å². The van der Waals surface area contributed by atoms with Crippen LogP contribution in [0.2, 0.25) is 0 Å². The van der Waals surface area contributed by atoms with Crippen molar-refractivity contribution < 1.29 is 14.3 Å². The Bertz CT molecular complexity index is 628. The number of hydrogen-bond donors (Lipinski definition) is 3. The van der Waals surface area contributed by atoms with Gasteiger partial charge in [0.2, 0.25) is 5.91 Å². The number of amides is 1. The first kappa shape index (κ1) is 16.4. The van der Waals surface area contributed by atoms with Gasteiger partial charge in [0, 0.05) is 13.0 Å². The lowest BCUT2D eigenvalue weighted by Gasteiger charge is -2.24. The van der Waals surface area contributed by atoms with Gasteiger partial charge in [0.15, 0.2) is 0 Å². The second kappa shape index (κ2) is 7.41. The Morgan fingerprint density at radius 3 is 2.83 bits per heavy atom.